The second kappa shape index (κ2) is 8.47. The van der Waals surface area contributed by atoms with Crippen LogP contribution in [-0.2, 0) is 13.0 Å². The van der Waals surface area contributed by atoms with Crippen molar-refractivity contribution in [3.05, 3.63) is 47.5 Å². The Balaban J connectivity index is 1.97. The van der Waals surface area contributed by atoms with Gasteiger partial charge in [-0.1, -0.05) is 30.7 Å². The van der Waals surface area contributed by atoms with Gasteiger partial charge in [0.25, 0.3) is 0 Å². The molecule has 2 aromatic rings. The zero-order valence-electron chi connectivity index (χ0n) is 12.6. The lowest BCUT2D eigenvalue weighted by molar-refractivity contribution is 0.542. The van der Waals surface area contributed by atoms with E-state index in [0.717, 1.165) is 41.0 Å². The quantitative estimate of drug-likeness (QED) is 0.748. The van der Waals surface area contributed by atoms with E-state index >= 15 is 0 Å². The van der Waals surface area contributed by atoms with Crippen LogP contribution in [0.2, 0.25) is 5.02 Å². The molecule has 0 saturated carbocycles. The van der Waals surface area contributed by atoms with Gasteiger partial charge in [0.15, 0.2) is 0 Å². The number of imidazole rings is 1. The second-order valence-corrected chi connectivity index (χ2v) is 6.30. The van der Waals surface area contributed by atoms with E-state index in [0.29, 0.717) is 6.04 Å². The Morgan fingerprint density at radius 3 is 2.86 bits per heavy atom. The van der Waals surface area contributed by atoms with E-state index in [1.807, 2.05) is 30.6 Å². The molecule has 0 aliphatic carbocycles. The first-order valence-electron chi connectivity index (χ1n) is 7.35. The first kappa shape index (κ1) is 16.4. The highest BCUT2D eigenvalue weighted by Gasteiger charge is 2.13. The first-order valence-corrected chi connectivity index (χ1v) is 8.71. The number of benzene rings is 1. The summed E-state index contributed by atoms with van der Waals surface area (Å²) in [5.41, 5.74) is 0. The average molecular weight is 324 g/mol. The average Bonchev–Trinajstić information content (AvgIpc) is 2.93. The summed E-state index contributed by atoms with van der Waals surface area (Å²) in [6, 6.07) is 8.40. The molecule has 1 heterocycles. The van der Waals surface area contributed by atoms with E-state index in [4.69, 9.17) is 11.6 Å². The van der Waals surface area contributed by atoms with Gasteiger partial charge in [-0.05, 0) is 25.6 Å². The van der Waals surface area contributed by atoms with Crippen LogP contribution < -0.4 is 5.32 Å². The van der Waals surface area contributed by atoms with Gasteiger partial charge >= 0.3 is 0 Å². The van der Waals surface area contributed by atoms with Crippen molar-refractivity contribution >= 4 is 23.4 Å². The minimum Gasteiger partial charge on any atom is -0.335 e. The van der Waals surface area contributed by atoms with Crippen LogP contribution in [0.3, 0.4) is 0 Å². The summed E-state index contributed by atoms with van der Waals surface area (Å²) >= 11 is 8.02. The van der Waals surface area contributed by atoms with Crippen LogP contribution in [0.4, 0.5) is 0 Å². The van der Waals surface area contributed by atoms with Crippen molar-refractivity contribution in [3.8, 4) is 0 Å². The summed E-state index contributed by atoms with van der Waals surface area (Å²) in [7, 11) is 0. The van der Waals surface area contributed by atoms with Gasteiger partial charge in [0.1, 0.15) is 5.82 Å². The molecular weight excluding hydrogens is 302 g/mol. The van der Waals surface area contributed by atoms with Gasteiger partial charge in [-0.2, -0.15) is 0 Å². The van der Waals surface area contributed by atoms with Crippen LogP contribution >= 0.6 is 23.4 Å². The van der Waals surface area contributed by atoms with Gasteiger partial charge in [-0.3, -0.25) is 0 Å². The molecule has 0 spiro atoms. The third kappa shape index (κ3) is 4.77. The van der Waals surface area contributed by atoms with Crippen molar-refractivity contribution in [2.24, 2.45) is 0 Å². The molecular formula is C16H22ClN3S. The molecule has 0 radical (unpaired) electrons. The van der Waals surface area contributed by atoms with Gasteiger partial charge in [-0.25, -0.2) is 4.98 Å². The minimum absolute atomic E-state index is 0.393. The number of nitrogens with zero attached hydrogens (tertiary/aromatic N) is 2. The molecule has 1 aromatic heterocycles. The summed E-state index contributed by atoms with van der Waals surface area (Å²) in [4.78, 5) is 5.61. The van der Waals surface area contributed by atoms with E-state index < -0.39 is 0 Å². The van der Waals surface area contributed by atoms with Crippen molar-refractivity contribution < 1.29 is 0 Å². The smallest absolute Gasteiger partial charge is 0.110 e. The number of nitrogens with one attached hydrogen (secondary N) is 1. The molecule has 5 heteroatoms. The molecule has 1 atom stereocenters. The highest BCUT2D eigenvalue weighted by atomic mass is 35.5. The lowest BCUT2D eigenvalue weighted by atomic mass is 10.2. The predicted molar refractivity (Wildman–Crippen MR) is 91.2 cm³/mol. The molecule has 0 aliphatic heterocycles. The number of thioether (sulfide) groups is 1. The molecule has 3 nitrogen and oxygen atoms in total. The molecule has 0 aliphatic rings. The zero-order chi connectivity index (χ0) is 15.1. The molecule has 2 rings (SSSR count). The number of rotatable bonds is 8. The largest absolute Gasteiger partial charge is 0.335 e. The summed E-state index contributed by atoms with van der Waals surface area (Å²) in [5.74, 6) is 2.12. The lowest BCUT2D eigenvalue weighted by Crippen LogP contribution is -2.34. The van der Waals surface area contributed by atoms with Gasteiger partial charge in [-0.15, -0.1) is 11.8 Å². The summed E-state index contributed by atoms with van der Waals surface area (Å²) in [6.45, 7) is 6.21. The van der Waals surface area contributed by atoms with Crippen LogP contribution in [0.5, 0.6) is 0 Å². The third-order valence-electron chi connectivity index (χ3n) is 3.34. The SMILES string of the molecule is CCNC(CSc1ccccc1Cl)Cc1nccn1CC. The van der Waals surface area contributed by atoms with Gasteiger partial charge in [0.05, 0.1) is 5.02 Å². The Labute approximate surface area is 136 Å². The molecule has 1 N–H and O–H groups in total. The number of hydrogen-bond donors (Lipinski definition) is 1. The monoisotopic (exact) mass is 323 g/mol. The van der Waals surface area contributed by atoms with Crippen molar-refractivity contribution in [1.29, 1.82) is 0 Å². The number of aryl methyl sites for hydroxylation is 1. The van der Waals surface area contributed by atoms with Crippen LogP contribution in [0.25, 0.3) is 0 Å². The maximum Gasteiger partial charge on any atom is 0.110 e. The van der Waals surface area contributed by atoms with E-state index in [9.17, 15) is 0 Å². The first-order chi connectivity index (χ1) is 10.2. The topological polar surface area (TPSA) is 29.9 Å². The van der Waals surface area contributed by atoms with Crippen LogP contribution in [-0.4, -0.2) is 27.9 Å². The highest BCUT2D eigenvalue weighted by molar-refractivity contribution is 7.99. The Kier molecular flexibility index (Phi) is 6.61. The molecule has 0 bridgehead atoms. The fourth-order valence-electron chi connectivity index (χ4n) is 2.27. The molecule has 21 heavy (non-hydrogen) atoms. The molecule has 114 valence electrons. The van der Waals surface area contributed by atoms with E-state index in [1.54, 1.807) is 11.8 Å². The Morgan fingerprint density at radius 2 is 2.14 bits per heavy atom. The highest BCUT2D eigenvalue weighted by Crippen LogP contribution is 2.27. The number of likely N-dealkylation sites (N-methyl/N-ethyl adjacent to an activating group) is 1. The Bertz CT molecular complexity index is 556. The van der Waals surface area contributed by atoms with Gasteiger partial charge in [0.2, 0.25) is 0 Å². The van der Waals surface area contributed by atoms with E-state index in [2.05, 4.69) is 34.8 Å². The van der Waals surface area contributed by atoms with Crippen LogP contribution in [0, 0.1) is 0 Å². The fourth-order valence-corrected chi connectivity index (χ4v) is 3.57. The summed E-state index contributed by atoms with van der Waals surface area (Å²) in [5, 5.41) is 4.37. The number of aromatic nitrogens is 2. The van der Waals surface area contributed by atoms with Crippen LogP contribution in [0.15, 0.2) is 41.6 Å². The fraction of sp³-hybridized carbons (Fsp3) is 0.438. The standard InChI is InChI=1S/C16H22ClN3S/c1-3-18-13(11-16-19-9-10-20(16)4-2)12-21-15-8-6-5-7-14(15)17/h5-10,13,18H,3-4,11-12H2,1-2H3. The van der Waals surface area contributed by atoms with Crippen molar-refractivity contribution in [2.45, 2.75) is 37.8 Å². The molecule has 0 amide bonds. The van der Waals surface area contributed by atoms with E-state index in [-0.39, 0.29) is 0 Å². The molecule has 1 unspecified atom stereocenters. The van der Waals surface area contributed by atoms with Gasteiger partial charge < -0.3 is 9.88 Å². The third-order valence-corrected chi connectivity index (χ3v) is 5.02. The Hall–Kier alpha value is -0.970. The minimum atomic E-state index is 0.393. The van der Waals surface area contributed by atoms with Crippen molar-refractivity contribution in [1.82, 2.24) is 14.9 Å². The van der Waals surface area contributed by atoms with E-state index in [1.165, 1.54) is 0 Å². The summed E-state index contributed by atoms with van der Waals surface area (Å²) < 4.78 is 2.20. The zero-order valence-corrected chi connectivity index (χ0v) is 14.1. The van der Waals surface area contributed by atoms with Crippen LogP contribution in [0.1, 0.15) is 19.7 Å². The lowest BCUT2D eigenvalue weighted by Gasteiger charge is -2.18. The predicted octanol–water partition coefficient (Wildman–Crippen LogP) is 3.87. The number of halogens is 1. The van der Waals surface area contributed by atoms with Gasteiger partial charge in [0, 0.05) is 42.0 Å². The maximum atomic E-state index is 6.22. The molecule has 1 aromatic carbocycles. The number of hydrogen-bond acceptors (Lipinski definition) is 3. The van der Waals surface area contributed by atoms with Crippen molar-refractivity contribution in [3.63, 3.8) is 0 Å². The molecule has 0 saturated heterocycles. The maximum absolute atomic E-state index is 6.22. The molecule has 0 fully saturated rings. The normalized spacial score (nSPS) is 12.5. The summed E-state index contributed by atoms with van der Waals surface area (Å²) in [6.07, 6.45) is 4.86. The second-order valence-electron chi connectivity index (χ2n) is 4.83. The van der Waals surface area contributed by atoms with Crippen molar-refractivity contribution in [2.75, 3.05) is 12.3 Å². The Morgan fingerprint density at radius 1 is 1.33 bits per heavy atom.